The fourth-order valence-corrected chi connectivity index (χ4v) is 9.23. The van der Waals surface area contributed by atoms with Crippen molar-refractivity contribution >= 4 is 63.3 Å². The largest absolute Gasteiger partial charge is 0.481 e. The Bertz CT molecular complexity index is 5050. The summed E-state index contributed by atoms with van der Waals surface area (Å²) in [5.41, 5.74) is 8.08. The number of pyridine rings is 3. The molecule has 0 saturated carbocycles. The summed E-state index contributed by atoms with van der Waals surface area (Å²) in [7, 11) is 0. The van der Waals surface area contributed by atoms with Gasteiger partial charge in [0.1, 0.15) is 28.8 Å². The number of nitrogens with zero attached hydrogens (tertiary/aromatic N) is 7. The van der Waals surface area contributed by atoms with Gasteiger partial charge in [-0.1, -0.05) is 7.43 Å². The third kappa shape index (κ3) is 20.2. The molecule has 11 rings (SSSR count). The van der Waals surface area contributed by atoms with E-state index in [-0.39, 0.29) is 73.2 Å². The number of benzene rings is 6. The van der Waals surface area contributed by atoms with Gasteiger partial charge in [0.15, 0.2) is 75.2 Å². The Morgan fingerprint density at radius 2 is 0.903 bits per heavy atom. The highest BCUT2D eigenvalue weighted by atomic mass is 19.2. The standard InChI is InChI=1S/C20H13F4N3O5.C20H11F4N3O4.C20H13F4N3O2.C4H8O2.C2H4O2.CH4/c21-11-3-4-16(13(22)8-11)32-19-17(24)14(23)7-10(18(19)25)6-12(28)9-26-5-1-2-15(20(26)29)27(30)31;21-11-3-4-16(13(22)8-11)31-19-17(24)14(23)7-10-6-12(25-18(10)19)9-26-5-1-2-15(20(26)28)27(29)30;21-11-3-4-16(13(22)8-11)29-19-17(24)14(23)7-10-6-12(26-18(10)19)9-27-5-1-2-15(25)20(27)28;1-3-6-4(2)5;1-2(3)4;/h1-5,7-8H,6,9,25H2;1-5,7-8H,6,9H2;1-5,7-8H,6,9,25H2;3H2,1-2H3;1H3,(H,3,4);1H4. The van der Waals surface area contributed by atoms with E-state index in [4.69, 9.17) is 35.6 Å². The lowest BCUT2D eigenvalue weighted by Gasteiger charge is -2.14. The lowest BCUT2D eigenvalue weighted by atomic mass is 10.1. The van der Waals surface area contributed by atoms with Crippen LogP contribution in [0.25, 0.3) is 0 Å². The maximum absolute atomic E-state index is 14.4. The van der Waals surface area contributed by atoms with Gasteiger partial charge in [-0.3, -0.25) is 59.0 Å². The molecule has 0 saturated heterocycles. The van der Waals surface area contributed by atoms with Gasteiger partial charge in [0.05, 0.1) is 47.5 Å². The number of carbonyl (C=O) groups is 3. The molecule has 0 radical (unpaired) electrons. The van der Waals surface area contributed by atoms with Gasteiger partial charge in [-0.05, 0) is 102 Å². The molecule has 0 fully saturated rings. The van der Waals surface area contributed by atoms with Crippen molar-refractivity contribution in [3.63, 3.8) is 0 Å². The number of nitrogens with two attached hydrogens (primary N) is 2. The van der Waals surface area contributed by atoms with Crippen LogP contribution in [0.5, 0.6) is 34.5 Å². The van der Waals surface area contributed by atoms with Crippen LogP contribution in [0.15, 0.2) is 152 Å². The first kappa shape index (κ1) is 79.1. The molecular weight excluding hydrogens is 1400 g/mol. The molecule has 0 unspecified atom stereocenters. The Morgan fingerprint density at radius 1 is 0.534 bits per heavy atom. The maximum Gasteiger partial charge on any atom is 0.334 e. The van der Waals surface area contributed by atoms with Gasteiger partial charge in [-0.25, -0.2) is 39.5 Å². The van der Waals surface area contributed by atoms with Crippen LogP contribution in [-0.2, 0) is 58.0 Å². The lowest BCUT2D eigenvalue weighted by molar-refractivity contribution is -0.386. The quantitative estimate of drug-likeness (QED) is 0.0251. The molecule has 6 aromatic carbocycles. The number of ether oxygens (including phenoxy) is 4. The van der Waals surface area contributed by atoms with Crippen LogP contribution in [0, 0.1) is 90.0 Å². The second kappa shape index (κ2) is 34.7. The molecule has 2 aliphatic heterocycles. The van der Waals surface area contributed by atoms with E-state index in [9.17, 15) is 96.9 Å². The van der Waals surface area contributed by atoms with Crippen LogP contribution in [-0.4, -0.2) is 64.4 Å². The molecule has 0 amide bonds. The number of nitrogen functional groups attached to an aromatic ring is 2. The van der Waals surface area contributed by atoms with Crippen molar-refractivity contribution < 1.29 is 101 Å². The minimum Gasteiger partial charge on any atom is -0.481 e. The predicted molar refractivity (Wildman–Crippen MR) is 345 cm³/mol. The summed E-state index contributed by atoms with van der Waals surface area (Å²) in [6, 6.07) is 17.0. The molecule has 5 heterocycles. The molecule has 103 heavy (non-hydrogen) atoms. The van der Waals surface area contributed by atoms with Gasteiger partial charge in [0.2, 0.25) is 17.5 Å². The summed E-state index contributed by atoms with van der Waals surface area (Å²) < 4.78 is 189. The number of aromatic nitrogens is 3. The number of Topliss-reactive ketones (excluding diaryl/α,β-unsaturated/α-hetero) is 1. The number of carboxylic acid groups (broad SMARTS) is 1. The van der Waals surface area contributed by atoms with Gasteiger partial charge in [0, 0.05) is 93.5 Å². The summed E-state index contributed by atoms with van der Waals surface area (Å²) in [5.74, 6) is -19.9. The van der Waals surface area contributed by atoms with E-state index in [2.05, 4.69) is 14.7 Å². The monoisotopic (exact) mass is 1450 g/mol. The number of rotatable bonds is 17. The van der Waals surface area contributed by atoms with E-state index >= 15 is 0 Å². The number of carboxylic acids is 1. The van der Waals surface area contributed by atoms with Crippen LogP contribution in [0.4, 0.5) is 86.8 Å². The summed E-state index contributed by atoms with van der Waals surface area (Å²) in [4.78, 5) is 96.0. The number of fused-ring (bicyclic) bond motifs is 2. The molecule has 9 aromatic rings. The number of halogens is 12. The van der Waals surface area contributed by atoms with E-state index in [0.29, 0.717) is 42.1 Å². The molecule has 0 aliphatic carbocycles. The lowest BCUT2D eigenvalue weighted by Crippen LogP contribution is -2.26. The molecule has 540 valence electrons. The second-order valence-corrected chi connectivity index (χ2v) is 21.1. The van der Waals surface area contributed by atoms with Crippen molar-refractivity contribution in [3.8, 4) is 34.5 Å². The van der Waals surface area contributed by atoms with E-state index in [1.54, 1.807) is 13.0 Å². The summed E-state index contributed by atoms with van der Waals surface area (Å²) >= 11 is 0. The van der Waals surface area contributed by atoms with Crippen LogP contribution in [0.1, 0.15) is 44.9 Å². The average molecular weight is 1450 g/mol. The number of hydrogen-bond donors (Lipinski definition) is 3. The van der Waals surface area contributed by atoms with Crippen molar-refractivity contribution in [2.45, 2.75) is 67.1 Å². The number of nitro groups is 2. The predicted octanol–water partition coefficient (Wildman–Crippen LogP) is 13.3. The third-order valence-electron chi connectivity index (χ3n) is 13.6. The number of aliphatic imine (C=N–C) groups is 2. The van der Waals surface area contributed by atoms with Gasteiger partial charge in [-0.2, -0.15) is 13.2 Å². The summed E-state index contributed by atoms with van der Waals surface area (Å²) in [5, 5.41) is 29.2. The van der Waals surface area contributed by atoms with Crippen LogP contribution < -0.4 is 42.4 Å². The van der Waals surface area contributed by atoms with Crippen molar-refractivity contribution in [2.24, 2.45) is 9.98 Å². The van der Waals surface area contributed by atoms with Gasteiger partial charge < -0.3 is 49.2 Å². The van der Waals surface area contributed by atoms with Crippen molar-refractivity contribution in [3.05, 3.63) is 266 Å². The first-order chi connectivity index (χ1) is 48.1. The molecular formula is C67H53F12N9O15. The van der Waals surface area contributed by atoms with Crippen LogP contribution in [0.2, 0.25) is 0 Å². The molecule has 5 N–H and O–H groups in total. The fraction of sp³-hybridized carbons (Fsp3) is 0.164. The molecule has 0 spiro atoms. The first-order valence-corrected chi connectivity index (χ1v) is 28.9. The van der Waals surface area contributed by atoms with Crippen LogP contribution in [0.3, 0.4) is 0 Å². The molecule has 36 heteroatoms. The number of ketones is 1. The first-order valence-electron chi connectivity index (χ1n) is 28.9. The highest BCUT2D eigenvalue weighted by molar-refractivity contribution is 5.96. The van der Waals surface area contributed by atoms with E-state index in [1.807, 2.05) is 0 Å². The molecule has 0 bridgehead atoms. The highest BCUT2D eigenvalue weighted by Gasteiger charge is 2.30. The normalized spacial score (nSPS) is 11.3. The maximum atomic E-state index is 14.4. The molecule has 3 aromatic heterocycles. The zero-order valence-corrected chi connectivity index (χ0v) is 52.6. The number of anilines is 2. The highest BCUT2D eigenvalue weighted by Crippen LogP contribution is 2.45. The smallest absolute Gasteiger partial charge is 0.334 e. The van der Waals surface area contributed by atoms with Crippen molar-refractivity contribution in [1.29, 1.82) is 0 Å². The van der Waals surface area contributed by atoms with Gasteiger partial charge >= 0.3 is 28.5 Å². The Kier molecular flexibility index (Phi) is 26.7. The number of esters is 1. The zero-order valence-electron chi connectivity index (χ0n) is 52.6. The van der Waals surface area contributed by atoms with E-state index in [0.717, 1.165) is 82.9 Å². The van der Waals surface area contributed by atoms with Crippen LogP contribution >= 0.6 is 0 Å². The number of aliphatic carboxylic acids is 1. The minimum absolute atomic E-state index is 0. The third-order valence-corrected chi connectivity index (χ3v) is 13.6. The fourth-order valence-electron chi connectivity index (χ4n) is 9.23. The number of hydrogen-bond acceptors (Lipinski definition) is 18. The van der Waals surface area contributed by atoms with E-state index in [1.165, 1.54) is 42.1 Å². The topological polar surface area (TPSA) is 337 Å². The van der Waals surface area contributed by atoms with Gasteiger partial charge in [0.25, 0.3) is 11.5 Å². The molecule has 0 atom stereocenters. The van der Waals surface area contributed by atoms with E-state index < -0.39 is 173 Å². The Labute approximate surface area is 571 Å². The molecule has 2 aliphatic rings. The SMILES string of the molecule is C.CC(=O)O.CCOC(C)=O.Nc1c(CC(=O)Cn2cccc([N+](=O)[O-])c2=O)cc(F)c(F)c1Oc1ccc(F)cc1F.Nc1cccn(CC2=Nc3c(cc(F)c(F)c3Oc3ccc(F)cc3F)C2)c1=O.O=c1c([N+](=O)[O-])cccn1CC1=Nc2c(cc(F)c(F)c2Oc2ccc(F)cc2F)C1. The minimum atomic E-state index is -1.56. The molecule has 24 nitrogen and oxygen atoms in total. The van der Waals surface area contributed by atoms with Crippen molar-refractivity contribution in [2.75, 3.05) is 18.1 Å². The number of carbonyl (C=O) groups excluding carboxylic acids is 2. The second-order valence-electron chi connectivity index (χ2n) is 21.1. The van der Waals surface area contributed by atoms with Gasteiger partial charge in [-0.15, -0.1) is 0 Å². The average Bonchev–Trinajstić information content (AvgIpc) is 1.67. The Hall–Kier alpha value is -12.9. The Morgan fingerprint density at radius 3 is 1.29 bits per heavy atom. The zero-order chi connectivity index (χ0) is 75.1. The summed E-state index contributed by atoms with van der Waals surface area (Å²) in [6.45, 7) is 4.00. The van der Waals surface area contributed by atoms with Crippen molar-refractivity contribution in [1.82, 2.24) is 13.7 Å². The Balaban J connectivity index is 0.000000226. The summed E-state index contributed by atoms with van der Waals surface area (Å²) in [6.07, 6.45) is 3.51.